The van der Waals surface area contributed by atoms with E-state index in [1.807, 2.05) is 7.05 Å². The van der Waals surface area contributed by atoms with E-state index in [0.717, 1.165) is 31.5 Å². The van der Waals surface area contributed by atoms with E-state index in [9.17, 15) is 8.42 Å². The highest BCUT2D eigenvalue weighted by atomic mass is 32.2. The van der Waals surface area contributed by atoms with Crippen LogP contribution in [0, 0.1) is 11.3 Å². The molecule has 1 saturated heterocycles. The number of hydrogen-bond acceptors (Lipinski definition) is 4. The number of hydrogen-bond donors (Lipinski definition) is 2. The van der Waals surface area contributed by atoms with Crippen LogP contribution in [0.25, 0.3) is 0 Å². The van der Waals surface area contributed by atoms with Crippen molar-refractivity contribution in [3.8, 4) is 0 Å². The van der Waals surface area contributed by atoms with Crippen molar-refractivity contribution in [2.75, 3.05) is 51.3 Å². The topological polar surface area (TPSA) is 73.8 Å². The molecule has 0 aromatic heterocycles. The van der Waals surface area contributed by atoms with Crippen LogP contribution in [0.1, 0.15) is 46.0 Å². The molecule has 0 aromatic rings. The normalized spacial score (nSPS) is 23.8. The summed E-state index contributed by atoms with van der Waals surface area (Å²) in [7, 11) is -0.983. The Morgan fingerprint density at radius 1 is 1.16 bits per heavy atom. The van der Waals surface area contributed by atoms with Crippen molar-refractivity contribution >= 4 is 15.8 Å². The van der Waals surface area contributed by atoms with E-state index in [1.165, 1.54) is 32.1 Å². The van der Waals surface area contributed by atoms with Crippen LogP contribution in [0.3, 0.4) is 0 Å². The van der Waals surface area contributed by atoms with Gasteiger partial charge in [-0.15, -0.1) is 0 Å². The van der Waals surface area contributed by atoms with Crippen LogP contribution < -0.4 is 10.6 Å². The molecule has 2 rings (SSSR count). The van der Waals surface area contributed by atoms with Crippen molar-refractivity contribution in [2.24, 2.45) is 16.3 Å². The lowest BCUT2D eigenvalue weighted by molar-refractivity contribution is 0.234. The Morgan fingerprint density at radius 3 is 2.36 bits per heavy atom. The predicted molar refractivity (Wildman–Crippen MR) is 105 cm³/mol. The fraction of sp³-hybridized carbons (Fsp3) is 0.944. The van der Waals surface area contributed by atoms with Crippen LogP contribution in [0.4, 0.5) is 0 Å². The summed E-state index contributed by atoms with van der Waals surface area (Å²) in [5, 5.41) is 6.91. The summed E-state index contributed by atoms with van der Waals surface area (Å²) in [5.74, 6) is 2.17. The first kappa shape index (κ1) is 20.5. The molecule has 2 aliphatic rings. The smallest absolute Gasteiger partial charge is 0.191 e. The van der Waals surface area contributed by atoms with Crippen LogP contribution in [-0.2, 0) is 9.84 Å². The van der Waals surface area contributed by atoms with E-state index < -0.39 is 9.84 Å². The lowest BCUT2D eigenvalue weighted by atomic mass is 9.78. The summed E-state index contributed by atoms with van der Waals surface area (Å²) in [6.45, 7) is 8.55. The molecule has 7 heteroatoms. The van der Waals surface area contributed by atoms with Gasteiger partial charge in [0.25, 0.3) is 0 Å². The van der Waals surface area contributed by atoms with Gasteiger partial charge in [0.05, 0.1) is 11.5 Å². The number of aliphatic imine (C=N–C) groups is 1. The predicted octanol–water partition coefficient (Wildman–Crippen LogP) is 1.49. The van der Waals surface area contributed by atoms with Gasteiger partial charge >= 0.3 is 0 Å². The van der Waals surface area contributed by atoms with E-state index in [4.69, 9.17) is 0 Å². The van der Waals surface area contributed by atoms with Crippen LogP contribution in [0.2, 0.25) is 0 Å². The molecule has 2 N–H and O–H groups in total. The first-order chi connectivity index (χ1) is 11.8. The van der Waals surface area contributed by atoms with Gasteiger partial charge in [-0.1, -0.05) is 26.7 Å². The lowest BCUT2D eigenvalue weighted by Gasteiger charge is -2.32. The Kier molecular flexibility index (Phi) is 7.55. The second-order valence-corrected chi connectivity index (χ2v) is 10.5. The minimum atomic E-state index is -2.79. The van der Waals surface area contributed by atoms with E-state index in [-0.39, 0.29) is 11.5 Å². The van der Waals surface area contributed by atoms with Gasteiger partial charge in [0.2, 0.25) is 0 Å². The Balaban J connectivity index is 1.71. The third kappa shape index (κ3) is 6.77. The maximum atomic E-state index is 11.5. The molecule has 1 saturated carbocycles. The molecule has 6 nitrogen and oxygen atoms in total. The maximum Gasteiger partial charge on any atom is 0.191 e. The molecule has 25 heavy (non-hydrogen) atoms. The van der Waals surface area contributed by atoms with E-state index in [1.54, 1.807) is 0 Å². The molecule has 0 spiro atoms. The molecular formula is C18H36N4O2S. The first-order valence-electron chi connectivity index (χ1n) is 9.71. The van der Waals surface area contributed by atoms with E-state index in [0.29, 0.717) is 18.5 Å². The number of nitrogens with one attached hydrogen (secondary N) is 2. The van der Waals surface area contributed by atoms with Crippen LogP contribution in [0.15, 0.2) is 4.99 Å². The molecule has 0 bridgehead atoms. The number of rotatable bonds is 7. The van der Waals surface area contributed by atoms with Crippen molar-refractivity contribution < 1.29 is 8.42 Å². The Bertz CT molecular complexity index is 525. The van der Waals surface area contributed by atoms with Gasteiger partial charge in [-0.05, 0) is 30.6 Å². The van der Waals surface area contributed by atoms with Crippen LogP contribution >= 0.6 is 0 Å². The van der Waals surface area contributed by atoms with Gasteiger partial charge < -0.3 is 10.6 Å². The third-order valence-electron chi connectivity index (χ3n) is 5.52. The van der Waals surface area contributed by atoms with Crippen molar-refractivity contribution in [3.05, 3.63) is 0 Å². The van der Waals surface area contributed by atoms with Crippen molar-refractivity contribution in [3.63, 3.8) is 0 Å². The van der Waals surface area contributed by atoms with Gasteiger partial charge in [-0.3, -0.25) is 9.89 Å². The maximum absolute atomic E-state index is 11.5. The summed E-state index contributed by atoms with van der Waals surface area (Å²) in [6, 6.07) is 0. The molecule has 0 radical (unpaired) electrons. The van der Waals surface area contributed by atoms with Gasteiger partial charge in [0.15, 0.2) is 15.8 Å². The molecule has 146 valence electrons. The molecule has 1 aliphatic heterocycles. The van der Waals surface area contributed by atoms with Crippen molar-refractivity contribution in [1.29, 1.82) is 0 Å². The van der Waals surface area contributed by atoms with Gasteiger partial charge in [-0.25, -0.2) is 8.42 Å². The van der Waals surface area contributed by atoms with Gasteiger partial charge in [0, 0.05) is 39.8 Å². The van der Waals surface area contributed by atoms with Crippen LogP contribution in [-0.4, -0.2) is 70.6 Å². The zero-order chi connectivity index (χ0) is 18.3. The molecule has 0 aromatic carbocycles. The van der Waals surface area contributed by atoms with Gasteiger partial charge in [-0.2, -0.15) is 0 Å². The summed E-state index contributed by atoms with van der Waals surface area (Å²) in [5.41, 5.74) is 0.424. The first-order valence-corrected chi connectivity index (χ1v) is 11.5. The molecule has 2 fully saturated rings. The monoisotopic (exact) mass is 372 g/mol. The molecule has 1 aliphatic carbocycles. The fourth-order valence-corrected chi connectivity index (χ4v) is 5.52. The zero-order valence-corrected chi connectivity index (χ0v) is 17.0. The highest BCUT2D eigenvalue weighted by molar-refractivity contribution is 7.91. The fourth-order valence-electron chi connectivity index (χ4n) is 4.24. The number of sulfone groups is 1. The van der Waals surface area contributed by atoms with Crippen molar-refractivity contribution in [2.45, 2.75) is 46.0 Å². The second-order valence-electron chi connectivity index (χ2n) is 8.15. The Hall–Kier alpha value is -0.820. The SMILES string of the molecule is CN=C(NCCN1CCS(=O)(=O)CC1)NCC1(CC(C)C)CCCC1. The number of guanidine groups is 1. The number of nitrogens with zero attached hydrogens (tertiary/aromatic N) is 2. The molecule has 0 unspecified atom stereocenters. The second kappa shape index (κ2) is 9.21. The quantitative estimate of drug-likeness (QED) is 0.523. The third-order valence-corrected chi connectivity index (χ3v) is 7.13. The van der Waals surface area contributed by atoms with E-state index in [2.05, 4.69) is 34.4 Å². The summed E-state index contributed by atoms with van der Waals surface area (Å²) in [4.78, 5) is 6.55. The average molecular weight is 373 g/mol. The summed E-state index contributed by atoms with van der Waals surface area (Å²) >= 11 is 0. The standard InChI is InChI=1S/C18H36N4O2S/c1-16(2)14-18(6-4-5-7-18)15-21-17(19-3)20-8-9-22-10-12-25(23,24)13-11-22/h16H,4-15H2,1-3H3,(H2,19,20,21). The summed E-state index contributed by atoms with van der Waals surface area (Å²) in [6.07, 6.45) is 6.60. The molecular weight excluding hydrogens is 336 g/mol. The minimum absolute atomic E-state index is 0.289. The Morgan fingerprint density at radius 2 is 1.80 bits per heavy atom. The molecule has 0 atom stereocenters. The highest BCUT2D eigenvalue weighted by Crippen LogP contribution is 2.42. The zero-order valence-electron chi connectivity index (χ0n) is 16.2. The summed E-state index contributed by atoms with van der Waals surface area (Å²) < 4.78 is 22.9. The molecule has 1 heterocycles. The van der Waals surface area contributed by atoms with Crippen LogP contribution in [0.5, 0.6) is 0 Å². The van der Waals surface area contributed by atoms with Gasteiger partial charge in [0.1, 0.15) is 0 Å². The highest BCUT2D eigenvalue weighted by Gasteiger charge is 2.34. The van der Waals surface area contributed by atoms with Crippen molar-refractivity contribution in [1.82, 2.24) is 15.5 Å². The molecule has 0 amide bonds. The minimum Gasteiger partial charge on any atom is -0.356 e. The largest absolute Gasteiger partial charge is 0.356 e. The Labute approximate surface area is 153 Å². The van der Waals surface area contributed by atoms with E-state index >= 15 is 0 Å². The average Bonchev–Trinajstić information content (AvgIpc) is 3.00. The lowest BCUT2D eigenvalue weighted by Crippen LogP contribution is -2.47.